The monoisotopic (exact) mass is 922 g/mol. The average Bonchev–Trinajstić information content (AvgIpc) is 4.25. The van der Waals surface area contributed by atoms with Crippen LogP contribution in [0.1, 0.15) is 212 Å². The first kappa shape index (κ1) is 43.8. The van der Waals surface area contributed by atoms with Gasteiger partial charge in [0.05, 0.1) is 33.6 Å². The number of amides is 4. The summed E-state index contributed by atoms with van der Waals surface area (Å²) in [6.07, 6.45) is 18.1. The molecular weight excluding hydrogens is 869 g/mol. The SMILES string of the molecule is O=C1c2c(O)ccc(C#Cc3ccc(C#Cc4ccc(O)c5c4C(=O)N(c4cc(C6CCCC6)cc(C6CCCC6)c4)C5=O)c4ccccc34)c2C(=O)N1c1cc(C2CCCC2)cc(C2CCCC2)c1. The molecule has 0 bridgehead atoms. The number of imide groups is 2. The smallest absolute Gasteiger partial charge is 0.269 e. The van der Waals surface area contributed by atoms with Crippen LogP contribution in [-0.4, -0.2) is 33.8 Å². The number of carbonyl (C=O) groups excluding carboxylic acids is 4. The standard InChI is InChI=1S/C62H54N2O6/c65-53-29-27-43(55-57(53)61(69)63(59(55)67)49-33-45(37-11-1-2-12-37)31-46(34-49)38-13-3-4-14-38)25-23-41-21-22-42(52-20-10-9-19-51(41)52)24-26-44-28-30-54(66)58-56(44)60(68)64(62(58)70)50-35-47(39-15-5-6-16-39)32-48(36-50)40-17-7-8-18-40/h9-10,19-22,27-40,65-66H,1-8,11-18H2. The molecule has 0 aromatic heterocycles. The maximum absolute atomic E-state index is 14.5. The molecule has 2 aliphatic heterocycles. The molecule has 4 aliphatic carbocycles. The molecule has 2 heterocycles. The second-order valence-corrected chi connectivity index (χ2v) is 20.5. The second kappa shape index (κ2) is 17.8. The zero-order chi connectivity index (χ0) is 47.6. The lowest BCUT2D eigenvalue weighted by atomic mass is 9.90. The van der Waals surface area contributed by atoms with Crippen LogP contribution in [0.25, 0.3) is 10.8 Å². The third kappa shape index (κ3) is 7.57. The number of hydrogen-bond acceptors (Lipinski definition) is 6. The van der Waals surface area contributed by atoms with Gasteiger partial charge in [-0.1, -0.05) is 111 Å². The zero-order valence-corrected chi connectivity index (χ0v) is 39.3. The Kier molecular flexibility index (Phi) is 11.2. The molecule has 0 atom stereocenters. The molecule has 0 spiro atoms. The van der Waals surface area contributed by atoms with Crippen LogP contribution in [0.2, 0.25) is 0 Å². The minimum absolute atomic E-state index is 0.0311. The summed E-state index contributed by atoms with van der Waals surface area (Å²) in [5, 5.41) is 23.8. The van der Waals surface area contributed by atoms with Crippen LogP contribution in [0.3, 0.4) is 0 Å². The number of benzene rings is 6. The number of nitrogens with zero attached hydrogens (tertiary/aromatic N) is 2. The molecule has 8 heteroatoms. The normalized spacial score (nSPS) is 18.5. The van der Waals surface area contributed by atoms with Crippen LogP contribution in [0.4, 0.5) is 11.4 Å². The van der Waals surface area contributed by atoms with Gasteiger partial charge in [-0.25, -0.2) is 9.80 Å². The fourth-order valence-corrected chi connectivity index (χ4v) is 12.7. The fourth-order valence-electron chi connectivity index (χ4n) is 12.7. The van der Waals surface area contributed by atoms with Gasteiger partial charge in [0.25, 0.3) is 23.6 Å². The maximum Gasteiger partial charge on any atom is 0.269 e. The molecule has 0 radical (unpaired) electrons. The van der Waals surface area contributed by atoms with Gasteiger partial charge < -0.3 is 10.2 Å². The molecule has 2 N–H and O–H groups in total. The van der Waals surface area contributed by atoms with E-state index < -0.39 is 23.6 Å². The topological polar surface area (TPSA) is 115 Å². The molecular formula is C62H54N2O6. The van der Waals surface area contributed by atoms with Crippen molar-refractivity contribution in [2.75, 3.05) is 9.80 Å². The summed E-state index contributed by atoms with van der Waals surface area (Å²) in [4.78, 5) is 60.0. The summed E-state index contributed by atoms with van der Waals surface area (Å²) < 4.78 is 0. The van der Waals surface area contributed by atoms with E-state index in [0.29, 0.717) is 57.3 Å². The van der Waals surface area contributed by atoms with Crippen LogP contribution in [0.5, 0.6) is 11.5 Å². The highest BCUT2D eigenvalue weighted by molar-refractivity contribution is 6.37. The summed E-state index contributed by atoms with van der Waals surface area (Å²) in [5.74, 6) is 12.0. The Bertz CT molecular complexity index is 3050. The minimum atomic E-state index is -0.546. The first-order chi connectivity index (χ1) is 34.2. The number of carbonyl (C=O) groups is 4. The predicted octanol–water partition coefficient (Wildman–Crippen LogP) is 13.3. The minimum Gasteiger partial charge on any atom is -0.507 e. The number of rotatable bonds is 6. The number of hydrogen-bond donors (Lipinski definition) is 2. The Balaban J connectivity index is 0.863. The predicted molar refractivity (Wildman–Crippen MR) is 272 cm³/mol. The first-order valence-corrected chi connectivity index (χ1v) is 25.5. The van der Waals surface area contributed by atoms with Crippen LogP contribution in [0, 0.1) is 23.7 Å². The van der Waals surface area contributed by atoms with E-state index in [2.05, 4.69) is 35.8 Å². The Labute approximate surface area is 408 Å². The molecule has 0 saturated heterocycles. The van der Waals surface area contributed by atoms with E-state index >= 15 is 0 Å². The summed E-state index contributed by atoms with van der Waals surface area (Å²) >= 11 is 0. The molecule has 6 aromatic rings. The van der Waals surface area contributed by atoms with Crippen LogP contribution in [-0.2, 0) is 0 Å². The van der Waals surface area contributed by atoms with Crippen molar-refractivity contribution in [3.8, 4) is 35.2 Å². The van der Waals surface area contributed by atoms with Crippen molar-refractivity contribution in [3.63, 3.8) is 0 Å². The van der Waals surface area contributed by atoms with Gasteiger partial charge in [-0.3, -0.25) is 19.2 Å². The van der Waals surface area contributed by atoms with Gasteiger partial charge in [0.1, 0.15) is 11.5 Å². The van der Waals surface area contributed by atoms with Gasteiger partial charge in [0, 0.05) is 22.3 Å². The van der Waals surface area contributed by atoms with E-state index in [0.717, 1.165) is 62.1 Å². The van der Waals surface area contributed by atoms with Crippen molar-refractivity contribution >= 4 is 45.8 Å². The highest BCUT2D eigenvalue weighted by Gasteiger charge is 2.43. The molecule has 348 valence electrons. The molecule has 4 saturated carbocycles. The van der Waals surface area contributed by atoms with Crippen LogP contribution < -0.4 is 9.80 Å². The molecule has 0 unspecified atom stereocenters. The zero-order valence-electron chi connectivity index (χ0n) is 39.3. The molecule has 4 fully saturated rings. The Morgan fingerprint density at radius 1 is 0.357 bits per heavy atom. The number of anilines is 2. The van der Waals surface area contributed by atoms with E-state index in [4.69, 9.17) is 0 Å². The second-order valence-electron chi connectivity index (χ2n) is 20.5. The Morgan fingerprint density at radius 2 is 0.643 bits per heavy atom. The van der Waals surface area contributed by atoms with Crippen LogP contribution in [0.15, 0.2) is 97.1 Å². The van der Waals surface area contributed by atoms with Crippen molar-refractivity contribution in [1.29, 1.82) is 0 Å². The number of phenolic OH excluding ortho intramolecular Hbond substituents is 2. The van der Waals surface area contributed by atoms with Gasteiger partial charge in [0.15, 0.2) is 0 Å². The van der Waals surface area contributed by atoms with Gasteiger partial charge in [-0.15, -0.1) is 0 Å². The van der Waals surface area contributed by atoms with E-state index in [1.165, 1.54) is 95.6 Å². The Hall–Kier alpha value is -7.42. The lowest BCUT2D eigenvalue weighted by molar-refractivity contribution is 0.0909. The molecule has 6 aliphatic rings. The lowest BCUT2D eigenvalue weighted by Gasteiger charge is -2.21. The molecule has 6 aromatic carbocycles. The largest absolute Gasteiger partial charge is 0.507 e. The van der Waals surface area contributed by atoms with Gasteiger partial charge in [-0.05, 0) is 169 Å². The summed E-state index contributed by atoms with van der Waals surface area (Å²) in [7, 11) is 0. The van der Waals surface area contributed by atoms with E-state index in [-0.39, 0.29) is 33.8 Å². The average molecular weight is 923 g/mol. The Morgan fingerprint density at radius 3 is 0.971 bits per heavy atom. The molecule has 70 heavy (non-hydrogen) atoms. The third-order valence-corrected chi connectivity index (χ3v) is 16.4. The highest BCUT2D eigenvalue weighted by Crippen LogP contribution is 2.45. The van der Waals surface area contributed by atoms with Crippen LogP contribution >= 0.6 is 0 Å². The van der Waals surface area contributed by atoms with Crippen molar-refractivity contribution in [3.05, 3.63) is 164 Å². The maximum atomic E-state index is 14.5. The van der Waals surface area contributed by atoms with E-state index in [1.54, 1.807) is 12.1 Å². The van der Waals surface area contributed by atoms with E-state index in [1.807, 2.05) is 60.7 Å². The number of phenols is 2. The molecule has 8 nitrogen and oxygen atoms in total. The van der Waals surface area contributed by atoms with Gasteiger partial charge in [0.2, 0.25) is 0 Å². The van der Waals surface area contributed by atoms with Crippen molar-refractivity contribution in [2.24, 2.45) is 0 Å². The summed E-state index contributed by atoms with van der Waals surface area (Å²) in [5.41, 5.74) is 8.01. The quantitative estimate of drug-likeness (QED) is 0.127. The summed E-state index contributed by atoms with van der Waals surface area (Å²) in [6.45, 7) is 0. The van der Waals surface area contributed by atoms with Crippen molar-refractivity contribution in [2.45, 2.75) is 126 Å². The fraction of sp³-hybridized carbons (Fsp3) is 0.323. The summed E-state index contributed by atoms with van der Waals surface area (Å²) in [6, 6.07) is 30.2. The number of fused-ring (bicyclic) bond motifs is 3. The van der Waals surface area contributed by atoms with Crippen molar-refractivity contribution in [1.82, 2.24) is 0 Å². The lowest BCUT2D eigenvalue weighted by Crippen LogP contribution is -2.30. The molecule has 12 rings (SSSR count). The van der Waals surface area contributed by atoms with Gasteiger partial charge >= 0.3 is 0 Å². The first-order valence-electron chi connectivity index (χ1n) is 25.5. The van der Waals surface area contributed by atoms with Crippen molar-refractivity contribution < 1.29 is 29.4 Å². The number of aromatic hydroxyl groups is 2. The van der Waals surface area contributed by atoms with Gasteiger partial charge in [-0.2, -0.15) is 0 Å². The molecule has 4 amide bonds. The highest BCUT2D eigenvalue weighted by atomic mass is 16.3. The van der Waals surface area contributed by atoms with E-state index in [9.17, 15) is 29.4 Å². The third-order valence-electron chi connectivity index (χ3n) is 16.4.